The van der Waals surface area contributed by atoms with Crippen molar-refractivity contribution in [2.45, 2.75) is 6.92 Å². The second-order valence-electron chi connectivity index (χ2n) is 7.84. The summed E-state index contributed by atoms with van der Waals surface area (Å²) in [6.07, 6.45) is 1.30. The topological polar surface area (TPSA) is 82.2 Å². The standard InChI is InChI=1S/C25H30N4O4/c1-4-33-25(32)29-16-14-28(15-17-29)24(31)22(26-23(30)20-8-6-5-7-9-20)18-19-10-12-21(13-11-19)27(2)3/h5-13,18H,4,14-17H2,1-3H3,(H,26,30)/b22-18-. The van der Waals surface area contributed by atoms with Gasteiger partial charge < -0.3 is 24.8 Å². The van der Waals surface area contributed by atoms with Gasteiger partial charge in [0.15, 0.2) is 0 Å². The minimum atomic E-state index is -0.376. The van der Waals surface area contributed by atoms with Gasteiger partial charge in [0.25, 0.3) is 11.8 Å². The van der Waals surface area contributed by atoms with Gasteiger partial charge in [0, 0.05) is 51.5 Å². The summed E-state index contributed by atoms with van der Waals surface area (Å²) in [5.41, 5.74) is 2.48. The lowest BCUT2D eigenvalue weighted by atomic mass is 10.1. The van der Waals surface area contributed by atoms with E-state index in [1.54, 1.807) is 47.1 Å². The maximum absolute atomic E-state index is 13.3. The van der Waals surface area contributed by atoms with E-state index >= 15 is 0 Å². The number of hydrogen-bond acceptors (Lipinski definition) is 5. The van der Waals surface area contributed by atoms with E-state index in [0.29, 0.717) is 38.3 Å². The molecule has 0 atom stereocenters. The molecule has 1 N–H and O–H groups in total. The molecule has 2 aromatic rings. The van der Waals surface area contributed by atoms with Crippen LogP contribution in [-0.4, -0.2) is 74.6 Å². The second-order valence-corrected chi connectivity index (χ2v) is 7.84. The zero-order chi connectivity index (χ0) is 23.8. The minimum absolute atomic E-state index is 0.186. The van der Waals surface area contributed by atoms with Crippen molar-refractivity contribution < 1.29 is 19.1 Å². The lowest BCUT2D eigenvalue weighted by Crippen LogP contribution is -2.52. The normalized spacial score (nSPS) is 14.0. The van der Waals surface area contributed by atoms with Crippen LogP contribution in [0.15, 0.2) is 60.3 Å². The molecule has 174 valence electrons. The first-order chi connectivity index (χ1) is 15.9. The highest BCUT2D eigenvalue weighted by atomic mass is 16.6. The van der Waals surface area contributed by atoms with Crippen LogP contribution in [0.3, 0.4) is 0 Å². The van der Waals surface area contributed by atoms with Crippen LogP contribution in [0, 0.1) is 0 Å². The van der Waals surface area contributed by atoms with Crippen LogP contribution in [-0.2, 0) is 9.53 Å². The molecule has 3 rings (SSSR count). The van der Waals surface area contributed by atoms with Gasteiger partial charge in [-0.2, -0.15) is 0 Å². The molecule has 0 aliphatic carbocycles. The van der Waals surface area contributed by atoms with Crippen LogP contribution in [0.2, 0.25) is 0 Å². The number of hydrogen-bond donors (Lipinski definition) is 1. The van der Waals surface area contributed by atoms with E-state index in [9.17, 15) is 14.4 Å². The number of rotatable bonds is 6. The van der Waals surface area contributed by atoms with Crippen molar-refractivity contribution in [1.29, 1.82) is 0 Å². The molecule has 1 aliphatic heterocycles. The average molecular weight is 451 g/mol. The molecule has 3 amide bonds. The fourth-order valence-electron chi connectivity index (χ4n) is 3.45. The van der Waals surface area contributed by atoms with Crippen LogP contribution >= 0.6 is 0 Å². The highest BCUT2D eigenvalue weighted by Gasteiger charge is 2.27. The molecule has 0 aromatic heterocycles. The summed E-state index contributed by atoms with van der Waals surface area (Å²) < 4.78 is 5.04. The summed E-state index contributed by atoms with van der Waals surface area (Å²) in [5.74, 6) is -0.648. The van der Waals surface area contributed by atoms with Crippen LogP contribution in [0.4, 0.5) is 10.5 Å². The number of carbonyl (C=O) groups excluding carboxylic acids is 3. The molecule has 33 heavy (non-hydrogen) atoms. The van der Waals surface area contributed by atoms with Gasteiger partial charge in [0.2, 0.25) is 0 Å². The van der Waals surface area contributed by atoms with E-state index in [1.807, 2.05) is 49.3 Å². The third-order valence-corrected chi connectivity index (χ3v) is 5.33. The van der Waals surface area contributed by atoms with Crippen molar-refractivity contribution in [1.82, 2.24) is 15.1 Å². The summed E-state index contributed by atoms with van der Waals surface area (Å²) in [5, 5.41) is 2.79. The molecule has 0 radical (unpaired) electrons. The number of anilines is 1. The third-order valence-electron chi connectivity index (χ3n) is 5.33. The lowest BCUT2D eigenvalue weighted by Gasteiger charge is -2.34. The van der Waals surface area contributed by atoms with Gasteiger partial charge in [-0.1, -0.05) is 30.3 Å². The first-order valence-corrected chi connectivity index (χ1v) is 11.0. The highest BCUT2D eigenvalue weighted by molar-refractivity contribution is 6.05. The van der Waals surface area contributed by atoms with Crippen LogP contribution in [0.5, 0.6) is 0 Å². The smallest absolute Gasteiger partial charge is 0.409 e. The molecule has 1 aliphatic rings. The molecule has 1 heterocycles. The van der Waals surface area contributed by atoms with Gasteiger partial charge in [0.1, 0.15) is 5.70 Å². The Bertz CT molecular complexity index is 995. The zero-order valence-corrected chi connectivity index (χ0v) is 19.3. The van der Waals surface area contributed by atoms with Crippen molar-refractivity contribution in [3.63, 3.8) is 0 Å². The number of carbonyl (C=O) groups is 3. The van der Waals surface area contributed by atoms with E-state index < -0.39 is 0 Å². The molecule has 0 unspecified atom stereocenters. The van der Waals surface area contributed by atoms with E-state index in [-0.39, 0.29) is 23.6 Å². The SMILES string of the molecule is CCOC(=O)N1CCN(C(=O)/C(=C/c2ccc(N(C)C)cc2)NC(=O)c2ccccc2)CC1. The molecule has 2 aromatic carbocycles. The van der Waals surface area contributed by atoms with E-state index in [1.165, 1.54) is 0 Å². The van der Waals surface area contributed by atoms with Crippen LogP contribution < -0.4 is 10.2 Å². The third kappa shape index (κ3) is 6.35. The average Bonchev–Trinajstić information content (AvgIpc) is 2.84. The van der Waals surface area contributed by atoms with Gasteiger partial charge in [-0.05, 0) is 42.8 Å². The van der Waals surface area contributed by atoms with E-state index in [2.05, 4.69) is 5.32 Å². The largest absolute Gasteiger partial charge is 0.450 e. The van der Waals surface area contributed by atoms with Gasteiger partial charge in [0.05, 0.1) is 6.61 Å². The quantitative estimate of drug-likeness (QED) is 0.685. The van der Waals surface area contributed by atoms with E-state index in [4.69, 9.17) is 4.74 Å². The molecule has 0 saturated carbocycles. The predicted octanol–water partition coefficient (Wildman–Crippen LogP) is 2.82. The van der Waals surface area contributed by atoms with Crippen molar-refractivity contribution in [2.75, 3.05) is 51.8 Å². The number of benzene rings is 2. The van der Waals surface area contributed by atoms with E-state index in [0.717, 1.165) is 11.3 Å². The monoisotopic (exact) mass is 450 g/mol. The predicted molar refractivity (Wildman–Crippen MR) is 128 cm³/mol. The Morgan fingerprint density at radius 1 is 0.939 bits per heavy atom. The number of amides is 3. The van der Waals surface area contributed by atoms with Crippen LogP contribution in [0.1, 0.15) is 22.8 Å². The lowest BCUT2D eigenvalue weighted by molar-refractivity contribution is -0.128. The summed E-state index contributed by atoms with van der Waals surface area (Å²) in [4.78, 5) is 43.3. The zero-order valence-electron chi connectivity index (χ0n) is 19.3. The fourth-order valence-corrected chi connectivity index (χ4v) is 3.45. The Morgan fingerprint density at radius 2 is 1.55 bits per heavy atom. The Morgan fingerprint density at radius 3 is 2.12 bits per heavy atom. The van der Waals surface area contributed by atoms with Gasteiger partial charge in [-0.15, -0.1) is 0 Å². The minimum Gasteiger partial charge on any atom is -0.450 e. The molecule has 8 nitrogen and oxygen atoms in total. The molecular formula is C25H30N4O4. The molecule has 1 fully saturated rings. The maximum atomic E-state index is 13.3. The summed E-state index contributed by atoms with van der Waals surface area (Å²) in [6, 6.07) is 16.5. The first kappa shape index (κ1) is 23.8. The van der Waals surface area contributed by atoms with Gasteiger partial charge in [-0.25, -0.2) is 4.79 Å². The summed E-state index contributed by atoms with van der Waals surface area (Å²) in [7, 11) is 3.91. The number of nitrogens with zero attached hydrogens (tertiary/aromatic N) is 3. The summed E-state index contributed by atoms with van der Waals surface area (Å²) in [6.45, 7) is 3.54. The Hall–Kier alpha value is -3.81. The van der Waals surface area contributed by atoms with Gasteiger partial charge in [-0.3, -0.25) is 9.59 Å². The van der Waals surface area contributed by atoms with Crippen molar-refractivity contribution in [3.8, 4) is 0 Å². The maximum Gasteiger partial charge on any atom is 0.409 e. The number of ether oxygens (including phenoxy) is 1. The molecule has 8 heteroatoms. The Kier molecular flexibility index (Phi) is 8.07. The summed E-state index contributed by atoms with van der Waals surface area (Å²) >= 11 is 0. The Labute approximate surface area is 194 Å². The molecular weight excluding hydrogens is 420 g/mol. The Balaban J connectivity index is 1.79. The van der Waals surface area contributed by atoms with Crippen molar-refractivity contribution in [3.05, 3.63) is 71.4 Å². The molecule has 0 spiro atoms. The van der Waals surface area contributed by atoms with Crippen LogP contribution in [0.25, 0.3) is 6.08 Å². The molecule has 1 saturated heterocycles. The number of piperazine rings is 1. The van der Waals surface area contributed by atoms with Gasteiger partial charge >= 0.3 is 6.09 Å². The first-order valence-electron chi connectivity index (χ1n) is 11.0. The molecule has 0 bridgehead atoms. The van der Waals surface area contributed by atoms with Crippen molar-refractivity contribution >= 4 is 29.7 Å². The highest BCUT2D eigenvalue weighted by Crippen LogP contribution is 2.16. The fraction of sp³-hybridized carbons (Fsp3) is 0.320. The number of nitrogens with one attached hydrogen (secondary N) is 1. The van der Waals surface area contributed by atoms with Crippen molar-refractivity contribution in [2.24, 2.45) is 0 Å². The second kappa shape index (κ2) is 11.2.